The number of rotatable bonds is 0. The molecule has 2 N–H and O–H groups in total. The molecule has 0 saturated heterocycles. The van der Waals surface area contributed by atoms with Gasteiger partial charge in [-0.3, -0.25) is 0 Å². The fourth-order valence-corrected chi connectivity index (χ4v) is 1.18. The predicted molar refractivity (Wildman–Crippen MR) is 107 cm³/mol. The Morgan fingerprint density at radius 3 is 0.714 bits per heavy atom. The van der Waals surface area contributed by atoms with E-state index in [2.05, 4.69) is 18.9 Å². The maximum atomic E-state index is 10.5. The fourth-order valence-electron chi connectivity index (χ4n) is 0.408. The van der Waals surface area contributed by atoms with Crippen molar-refractivity contribution >= 4 is 158 Å². The molecule has 28 heavy (non-hydrogen) atoms. The number of carboxylic acid groups (broad SMARTS) is 2. The Hall–Kier alpha value is 1.29. The van der Waals surface area contributed by atoms with Crippen molar-refractivity contribution in [1.82, 2.24) is 0 Å². The van der Waals surface area contributed by atoms with Gasteiger partial charge in [-0.1, -0.05) is 0 Å². The highest BCUT2D eigenvalue weighted by atomic mass is 35.6. The Morgan fingerprint density at radius 1 is 0.464 bits per heavy atom. The Bertz CT molecular complexity index is 458. The summed E-state index contributed by atoms with van der Waals surface area (Å²) in [6, 6.07) is 0. The van der Waals surface area contributed by atoms with Crippen LogP contribution in [0.3, 0.4) is 0 Å². The first-order chi connectivity index (χ1) is 11.9. The standard InChI is InChI=1S/C3Cl6O3.2C2HCl3O3/c4-2(5,6)11-1(10)12-3(7,8)9;2*3-2(4,5)8-1(6)7/h;2*(H,6,7). The summed E-state index contributed by atoms with van der Waals surface area (Å²) >= 11 is 59.3. The number of hydrogen-bond donors (Lipinski definition) is 2. The van der Waals surface area contributed by atoms with Crippen LogP contribution in [0.15, 0.2) is 0 Å². The zero-order valence-corrected chi connectivity index (χ0v) is 20.9. The predicted octanol–water partition coefficient (Wildman–Crippen LogP) is 7.81. The van der Waals surface area contributed by atoms with Gasteiger partial charge < -0.3 is 29.2 Å². The normalized spacial score (nSPS) is 11.6. The summed E-state index contributed by atoms with van der Waals surface area (Å²) in [4.78, 5) is 29.6. The molecule has 0 aliphatic rings. The van der Waals surface area contributed by atoms with Gasteiger partial charge in [0.15, 0.2) is 0 Å². The Morgan fingerprint density at radius 2 is 0.643 bits per heavy atom. The number of halogens is 12. The van der Waals surface area contributed by atoms with E-state index in [1.54, 1.807) is 0 Å². The SMILES string of the molecule is O=C(O)OC(Cl)(Cl)Cl.O=C(O)OC(Cl)(Cl)Cl.O=C(OC(Cl)(Cl)Cl)OC(Cl)(Cl)Cl. The molecule has 0 amide bonds. The summed E-state index contributed by atoms with van der Waals surface area (Å²) in [6.07, 6.45) is -4.65. The molecule has 0 aromatic rings. The van der Waals surface area contributed by atoms with Gasteiger partial charge in [-0.25, -0.2) is 14.4 Å². The lowest BCUT2D eigenvalue weighted by Crippen LogP contribution is -2.22. The maximum absolute atomic E-state index is 10.5. The highest BCUT2D eigenvalue weighted by Crippen LogP contribution is 2.32. The van der Waals surface area contributed by atoms with E-state index in [0.717, 1.165) is 0 Å². The van der Waals surface area contributed by atoms with Crippen LogP contribution in [0, 0.1) is 0 Å². The van der Waals surface area contributed by atoms with Crippen molar-refractivity contribution in [3.8, 4) is 0 Å². The van der Waals surface area contributed by atoms with Crippen LogP contribution in [0.4, 0.5) is 14.4 Å². The second-order valence-corrected chi connectivity index (χ2v) is 11.7. The number of carbonyl (C=O) groups is 3. The first-order valence-electron chi connectivity index (χ1n) is 4.96. The van der Waals surface area contributed by atoms with Crippen molar-refractivity contribution in [3.05, 3.63) is 0 Å². The van der Waals surface area contributed by atoms with Gasteiger partial charge in [0.05, 0.1) is 0 Å². The summed E-state index contributed by atoms with van der Waals surface area (Å²) in [5.41, 5.74) is 0. The van der Waals surface area contributed by atoms with Crippen LogP contribution in [0.25, 0.3) is 0 Å². The molecule has 0 aliphatic heterocycles. The average molecular weight is 656 g/mol. The third-order valence-electron chi connectivity index (χ3n) is 0.804. The molecule has 0 unspecified atom stereocenters. The molecule has 21 heteroatoms. The van der Waals surface area contributed by atoms with Crippen LogP contribution in [-0.4, -0.2) is 44.6 Å². The van der Waals surface area contributed by atoms with Gasteiger partial charge in [0.2, 0.25) is 0 Å². The minimum Gasteiger partial charge on any atom is -0.450 e. The Labute approximate surface area is 215 Å². The summed E-state index contributed by atoms with van der Waals surface area (Å²) in [5.74, 6) is 0. The molecule has 0 fully saturated rings. The zero-order chi connectivity index (χ0) is 23.6. The van der Waals surface area contributed by atoms with E-state index in [4.69, 9.17) is 149 Å². The fraction of sp³-hybridized carbons (Fsp3) is 0.571. The maximum Gasteiger partial charge on any atom is 0.515 e. The van der Waals surface area contributed by atoms with E-state index in [9.17, 15) is 14.4 Å². The number of alkyl halides is 12. The summed E-state index contributed by atoms with van der Waals surface area (Å²) < 4.78 is 6.48. The summed E-state index contributed by atoms with van der Waals surface area (Å²) in [6.45, 7) is 0. The zero-order valence-electron chi connectivity index (χ0n) is 11.8. The third kappa shape index (κ3) is 41.6. The van der Waals surface area contributed by atoms with E-state index in [1.807, 2.05) is 0 Å². The van der Waals surface area contributed by atoms with Gasteiger partial charge in [0, 0.05) is 0 Å². The first-order valence-corrected chi connectivity index (χ1v) is 9.50. The monoisotopic (exact) mass is 650 g/mol. The van der Waals surface area contributed by atoms with Crippen LogP contribution in [0.1, 0.15) is 0 Å². The third-order valence-corrected chi connectivity index (χ3v) is 1.73. The van der Waals surface area contributed by atoms with Crippen LogP contribution in [0.5, 0.6) is 0 Å². The van der Waals surface area contributed by atoms with Crippen molar-refractivity contribution in [2.24, 2.45) is 0 Å². The molecular weight excluding hydrogens is 654 g/mol. The highest BCUT2D eigenvalue weighted by molar-refractivity contribution is 6.68. The van der Waals surface area contributed by atoms with Crippen LogP contribution in [-0.2, 0) is 18.9 Å². The lowest BCUT2D eigenvalue weighted by Gasteiger charge is -2.15. The van der Waals surface area contributed by atoms with E-state index in [-0.39, 0.29) is 0 Å². The van der Waals surface area contributed by atoms with E-state index >= 15 is 0 Å². The lowest BCUT2D eigenvalue weighted by atomic mass is 11.3. The van der Waals surface area contributed by atoms with Gasteiger partial charge in [-0.05, 0) is 139 Å². The van der Waals surface area contributed by atoms with Crippen molar-refractivity contribution < 1.29 is 43.5 Å². The molecule has 0 aliphatic carbocycles. The number of hydrogen-bond acceptors (Lipinski definition) is 7. The summed E-state index contributed by atoms with van der Waals surface area (Å²) in [7, 11) is 0. The molecule has 0 spiro atoms. The topological polar surface area (TPSA) is 129 Å². The van der Waals surface area contributed by atoms with Gasteiger partial charge in [0.25, 0.3) is 0 Å². The first kappa shape index (κ1) is 33.9. The summed E-state index contributed by atoms with van der Waals surface area (Å²) in [5, 5.41) is 15.5. The molecule has 0 aromatic carbocycles. The average Bonchev–Trinajstić information content (AvgIpc) is 2.15. The Balaban J connectivity index is -0.000000347. The highest BCUT2D eigenvalue weighted by Gasteiger charge is 2.32. The van der Waals surface area contributed by atoms with E-state index in [1.165, 1.54) is 0 Å². The smallest absolute Gasteiger partial charge is 0.450 e. The molecule has 0 radical (unpaired) electrons. The molecule has 0 bridgehead atoms. The van der Waals surface area contributed by atoms with Crippen LogP contribution < -0.4 is 0 Å². The molecule has 0 saturated carbocycles. The molecule has 0 aromatic heterocycles. The molecule has 0 rings (SSSR count). The van der Waals surface area contributed by atoms with E-state index in [0.29, 0.717) is 0 Å². The van der Waals surface area contributed by atoms with Crippen LogP contribution >= 0.6 is 139 Å². The number of ether oxygens (including phenoxy) is 4. The van der Waals surface area contributed by atoms with Gasteiger partial charge in [-0.15, -0.1) is 0 Å². The van der Waals surface area contributed by atoms with Crippen molar-refractivity contribution in [2.45, 2.75) is 15.9 Å². The van der Waals surface area contributed by atoms with Crippen molar-refractivity contribution in [1.29, 1.82) is 0 Å². The second-order valence-electron chi connectivity index (χ2n) is 2.97. The molecule has 0 atom stereocenters. The molecular formula is C7H2Cl12O9. The molecule has 0 heterocycles. The molecule has 9 nitrogen and oxygen atoms in total. The van der Waals surface area contributed by atoms with Gasteiger partial charge in [0.1, 0.15) is 0 Å². The van der Waals surface area contributed by atoms with Crippen molar-refractivity contribution in [3.63, 3.8) is 0 Å². The largest absolute Gasteiger partial charge is 0.515 e. The lowest BCUT2D eigenvalue weighted by molar-refractivity contribution is 0.0508. The molecule has 168 valence electrons. The quantitative estimate of drug-likeness (QED) is 0.153. The van der Waals surface area contributed by atoms with Gasteiger partial charge >= 0.3 is 34.4 Å². The Kier molecular flexibility index (Phi) is 17.4. The van der Waals surface area contributed by atoms with Crippen LogP contribution in [0.2, 0.25) is 0 Å². The van der Waals surface area contributed by atoms with Gasteiger partial charge in [-0.2, -0.15) is 0 Å². The van der Waals surface area contributed by atoms with Crippen molar-refractivity contribution in [2.75, 3.05) is 0 Å². The minimum atomic E-state index is -2.24. The number of carbonyl (C=O) groups excluding carboxylic acids is 1. The van der Waals surface area contributed by atoms with E-state index < -0.39 is 34.4 Å². The second kappa shape index (κ2) is 14.4. The minimum absolute atomic E-state index is 1.41.